The molecule has 7 heteroatoms. The number of hydrogen-bond donors (Lipinski definition) is 1. The summed E-state index contributed by atoms with van der Waals surface area (Å²) in [5.74, 6) is 0. The monoisotopic (exact) mass is 389 g/mol. The van der Waals surface area contributed by atoms with Gasteiger partial charge in [-0.05, 0) is 61.0 Å². The second-order valence-electron chi connectivity index (χ2n) is 7.73. The average molecular weight is 389 g/mol. The van der Waals surface area contributed by atoms with Crippen LogP contribution in [0, 0.1) is 0 Å². The molecule has 0 aliphatic carbocycles. The summed E-state index contributed by atoms with van der Waals surface area (Å²) >= 11 is 0. The maximum absolute atomic E-state index is 13.9. The van der Waals surface area contributed by atoms with Gasteiger partial charge in [0.05, 0.1) is 27.9 Å². The van der Waals surface area contributed by atoms with E-state index in [-0.39, 0.29) is 12.2 Å². The molecule has 0 bridgehead atoms. The molecule has 1 N–H and O–H groups in total. The Morgan fingerprint density at radius 1 is 0.960 bits per heavy atom. The van der Waals surface area contributed by atoms with Crippen molar-refractivity contribution >= 4 is 18.6 Å². The summed E-state index contributed by atoms with van der Waals surface area (Å²) in [5.41, 5.74) is 0.706. The molecule has 0 aromatic heterocycles. The third kappa shape index (κ3) is 5.73. The van der Waals surface area contributed by atoms with E-state index in [4.69, 9.17) is 9.05 Å². The van der Waals surface area contributed by atoms with E-state index < -0.39 is 28.6 Å². The van der Waals surface area contributed by atoms with E-state index in [2.05, 4.69) is 4.72 Å². The van der Waals surface area contributed by atoms with Gasteiger partial charge in [0.2, 0.25) is 0 Å². The number of hydrogen-bond acceptors (Lipinski definition) is 4. The molecule has 0 spiro atoms. The molecule has 0 fully saturated rings. The van der Waals surface area contributed by atoms with Crippen molar-refractivity contribution in [2.75, 3.05) is 0 Å². The first-order chi connectivity index (χ1) is 11.3. The van der Waals surface area contributed by atoms with Gasteiger partial charge in [-0.2, -0.15) is 0 Å². The van der Waals surface area contributed by atoms with Gasteiger partial charge in [0.25, 0.3) is 0 Å². The first-order valence-electron chi connectivity index (χ1n) is 8.54. The summed E-state index contributed by atoms with van der Waals surface area (Å²) in [6, 6.07) is 9.26. The summed E-state index contributed by atoms with van der Waals surface area (Å²) in [6.45, 7) is 14.5. The van der Waals surface area contributed by atoms with Crippen LogP contribution in [-0.4, -0.2) is 21.2 Å². The molecule has 0 aliphatic rings. The molecule has 1 aromatic rings. The van der Waals surface area contributed by atoms with Crippen molar-refractivity contribution in [1.29, 1.82) is 0 Å². The van der Waals surface area contributed by atoms with E-state index in [1.54, 1.807) is 6.92 Å². The molecular weight excluding hydrogens is 357 g/mol. The predicted molar refractivity (Wildman–Crippen MR) is 105 cm³/mol. The summed E-state index contributed by atoms with van der Waals surface area (Å²) in [5, 5.41) is -1.25. The SMILES string of the molecule is CC(C)OP(=O)(OC(C)C)[C@@](C)(NS(=O)C(C)(C)C)c1ccccc1. The molecule has 0 aliphatic heterocycles. The molecule has 0 saturated heterocycles. The van der Waals surface area contributed by atoms with Crippen molar-refractivity contribution in [2.45, 2.75) is 77.6 Å². The van der Waals surface area contributed by atoms with E-state index in [1.165, 1.54) is 0 Å². The van der Waals surface area contributed by atoms with Crippen LogP contribution in [0.4, 0.5) is 0 Å². The van der Waals surface area contributed by atoms with Gasteiger partial charge in [-0.1, -0.05) is 30.3 Å². The number of nitrogens with one attached hydrogen (secondary N) is 1. The smallest absolute Gasteiger partial charge is 0.304 e. The van der Waals surface area contributed by atoms with Gasteiger partial charge in [0, 0.05) is 0 Å². The van der Waals surface area contributed by atoms with Gasteiger partial charge in [0.1, 0.15) is 0 Å². The van der Waals surface area contributed by atoms with Gasteiger partial charge in [-0.25, -0.2) is 8.93 Å². The highest BCUT2D eigenvalue weighted by molar-refractivity contribution is 7.84. The molecule has 0 radical (unpaired) electrons. The molecular formula is C18H32NO4PS. The fraction of sp³-hybridized carbons (Fsp3) is 0.667. The molecule has 0 saturated carbocycles. The van der Waals surface area contributed by atoms with Gasteiger partial charge < -0.3 is 9.05 Å². The zero-order valence-electron chi connectivity index (χ0n) is 16.5. The molecule has 0 amide bonds. The van der Waals surface area contributed by atoms with Crippen LogP contribution in [0.2, 0.25) is 0 Å². The molecule has 1 aromatic carbocycles. The highest BCUT2D eigenvalue weighted by Crippen LogP contribution is 2.65. The Balaban J connectivity index is 3.51. The van der Waals surface area contributed by atoms with E-state index in [9.17, 15) is 8.77 Å². The minimum Gasteiger partial charge on any atom is -0.304 e. The minimum absolute atomic E-state index is 0.308. The van der Waals surface area contributed by atoms with Gasteiger partial charge in [-0.15, -0.1) is 0 Å². The molecule has 2 atom stereocenters. The lowest BCUT2D eigenvalue weighted by Gasteiger charge is -2.40. The Labute approximate surface area is 155 Å². The minimum atomic E-state index is -3.70. The number of rotatable bonds is 8. The maximum atomic E-state index is 13.9. The average Bonchev–Trinajstić information content (AvgIpc) is 2.45. The normalized spacial score (nSPS) is 16.9. The van der Waals surface area contributed by atoms with Crippen molar-refractivity contribution in [2.24, 2.45) is 0 Å². The Morgan fingerprint density at radius 3 is 1.76 bits per heavy atom. The van der Waals surface area contributed by atoms with Crippen LogP contribution in [0.5, 0.6) is 0 Å². The molecule has 1 unspecified atom stereocenters. The summed E-state index contributed by atoms with van der Waals surface area (Å²) in [7, 11) is -5.17. The van der Waals surface area contributed by atoms with Gasteiger partial charge in [-0.3, -0.25) is 4.57 Å². The van der Waals surface area contributed by atoms with Crippen LogP contribution in [0.3, 0.4) is 0 Å². The van der Waals surface area contributed by atoms with Crippen molar-refractivity contribution in [3.8, 4) is 0 Å². The molecule has 25 heavy (non-hydrogen) atoms. The lowest BCUT2D eigenvalue weighted by molar-refractivity contribution is 0.125. The third-order valence-electron chi connectivity index (χ3n) is 3.43. The second kappa shape index (κ2) is 8.45. The lowest BCUT2D eigenvalue weighted by Crippen LogP contribution is -2.47. The first kappa shape index (κ1) is 22.5. The quantitative estimate of drug-likeness (QED) is 0.639. The van der Waals surface area contributed by atoms with Crippen LogP contribution in [0.15, 0.2) is 30.3 Å². The Bertz CT molecular complexity index is 614. The van der Waals surface area contributed by atoms with Crippen LogP contribution >= 0.6 is 7.60 Å². The van der Waals surface area contributed by atoms with Crippen LogP contribution in [0.25, 0.3) is 0 Å². The number of benzene rings is 1. The molecule has 144 valence electrons. The standard InChI is InChI=1S/C18H32NO4PS/c1-14(2)22-24(20,23-15(3)4)18(8,16-12-10-9-11-13-16)19-25(21)17(5,6)7/h9-15,19H,1-8H3/t18-,25?/m1/s1. The van der Waals surface area contributed by atoms with Crippen molar-refractivity contribution in [1.82, 2.24) is 4.72 Å². The van der Waals surface area contributed by atoms with E-state index in [1.807, 2.05) is 78.8 Å². The topological polar surface area (TPSA) is 64.6 Å². The van der Waals surface area contributed by atoms with Crippen LogP contribution < -0.4 is 4.72 Å². The summed E-state index contributed by atoms with van der Waals surface area (Å²) < 4.78 is 40.9. The van der Waals surface area contributed by atoms with Gasteiger partial charge >= 0.3 is 7.60 Å². The Hall–Kier alpha value is -0.520. The summed E-state index contributed by atoms with van der Waals surface area (Å²) in [4.78, 5) is 0. The second-order valence-corrected chi connectivity index (χ2v) is 12.0. The fourth-order valence-corrected chi connectivity index (χ4v) is 5.69. The third-order valence-corrected chi connectivity index (χ3v) is 8.15. The molecule has 0 heterocycles. The van der Waals surface area contributed by atoms with E-state index in [0.717, 1.165) is 0 Å². The lowest BCUT2D eigenvalue weighted by atomic mass is 10.1. The molecule has 1 rings (SSSR count). The van der Waals surface area contributed by atoms with Gasteiger partial charge in [0.15, 0.2) is 5.28 Å². The zero-order valence-corrected chi connectivity index (χ0v) is 18.2. The predicted octanol–water partition coefficient (Wildman–Crippen LogP) is 4.95. The van der Waals surface area contributed by atoms with Crippen molar-refractivity contribution in [3.05, 3.63) is 35.9 Å². The maximum Gasteiger partial charge on any atom is 0.356 e. The highest BCUT2D eigenvalue weighted by Gasteiger charge is 2.52. The van der Waals surface area contributed by atoms with E-state index in [0.29, 0.717) is 5.56 Å². The fourth-order valence-electron chi connectivity index (χ4n) is 2.16. The highest BCUT2D eigenvalue weighted by atomic mass is 32.2. The zero-order chi connectivity index (χ0) is 19.5. The van der Waals surface area contributed by atoms with Crippen LogP contribution in [0.1, 0.15) is 61.0 Å². The largest absolute Gasteiger partial charge is 0.356 e. The van der Waals surface area contributed by atoms with Crippen molar-refractivity contribution in [3.63, 3.8) is 0 Å². The van der Waals surface area contributed by atoms with Crippen molar-refractivity contribution < 1.29 is 17.8 Å². The Morgan fingerprint density at radius 2 is 1.40 bits per heavy atom. The Kier molecular flexibility index (Phi) is 7.61. The first-order valence-corrected chi connectivity index (χ1v) is 11.2. The van der Waals surface area contributed by atoms with E-state index >= 15 is 0 Å². The molecule has 5 nitrogen and oxygen atoms in total. The van der Waals surface area contributed by atoms with Crippen LogP contribution in [-0.2, 0) is 29.9 Å². The summed E-state index contributed by atoms with van der Waals surface area (Å²) in [6.07, 6.45) is -0.616.